The van der Waals surface area contributed by atoms with Gasteiger partial charge in [0.1, 0.15) is 5.25 Å². The zero-order valence-electron chi connectivity index (χ0n) is 10.3. The van der Waals surface area contributed by atoms with E-state index < -0.39 is 0 Å². The van der Waals surface area contributed by atoms with Gasteiger partial charge in [-0.1, -0.05) is 35.5 Å². The van der Waals surface area contributed by atoms with Crippen LogP contribution in [0.3, 0.4) is 0 Å². The molecule has 20 heavy (non-hydrogen) atoms. The Morgan fingerprint density at radius 2 is 2.30 bits per heavy atom. The van der Waals surface area contributed by atoms with Gasteiger partial charge in [0.25, 0.3) is 0 Å². The third kappa shape index (κ3) is 2.46. The first kappa shape index (κ1) is 13.3. The summed E-state index contributed by atoms with van der Waals surface area (Å²) < 4.78 is 6.27. The number of hydrogen-bond acceptors (Lipinski definition) is 6. The summed E-state index contributed by atoms with van der Waals surface area (Å²) in [6.45, 7) is 0.441. The molecule has 1 aliphatic heterocycles. The van der Waals surface area contributed by atoms with E-state index >= 15 is 0 Å². The number of hydrogen-bond donors (Lipinski definition) is 1. The number of rotatable bonds is 3. The number of thioether (sulfide) groups is 1. The van der Waals surface area contributed by atoms with E-state index in [1.54, 1.807) is 12.1 Å². The van der Waals surface area contributed by atoms with Crippen molar-refractivity contribution in [1.29, 1.82) is 0 Å². The lowest BCUT2D eigenvalue weighted by atomic mass is 10.2. The van der Waals surface area contributed by atoms with Crippen molar-refractivity contribution in [1.82, 2.24) is 14.9 Å². The zero-order chi connectivity index (χ0) is 14.1. The molecule has 0 amide bonds. The number of esters is 1. The van der Waals surface area contributed by atoms with Crippen molar-refractivity contribution in [3.63, 3.8) is 0 Å². The number of nitrogens with two attached hydrogens (primary N) is 1. The lowest BCUT2D eigenvalue weighted by Gasteiger charge is -2.06. The molecule has 104 valence electrons. The first-order chi connectivity index (χ1) is 9.65. The van der Waals surface area contributed by atoms with Crippen molar-refractivity contribution < 1.29 is 9.53 Å². The highest BCUT2D eigenvalue weighted by atomic mass is 35.5. The number of halogens is 1. The first-order valence-corrected chi connectivity index (χ1v) is 7.20. The normalized spacial score (nSPS) is 18.2. The molecule has 2 heterocycles. The predicted octanol–water partition coefficient (Wildman–Crippen LogP) is 1.72. The number of cyclic esters (lactones) is 1. The lowest BCUT2D eigenvalue weighted by Crippen LogP contribution is -2.15. The van der Waals surface area contributed by atoms with Gasteiger partial charge in [-0.05, 0) is 12.1 Å². The fourth-order valence-electron chi connectivity index (χ4n) is 1.89. The van der Waals surface area contributed by atoms with Crippen LogP contribution in [0, 0.1) is 0 Å². The summed E-state index contributed by atoms with van der Waals surface area (Å²) in [5.41, 5.74) is 0.772. The Bertz CT molecular complexity index is 661. The van der Waals surface area contributed by atoms with Crippen LogP contribution in [-0.2, 0) is 9.53 Å². The molecule has 8 heteroatoms. The highest BCUT2D eigenvalue weighted by Crippen LogP contribution is 2.30. The highest BCUT2D eigenvalue weighted by Gasteiger charge is 2.29. The van der Waals surface area contributed by atoms with Gasteiger partial charge in [-0.2, -0.15) is 0 Å². The van der Waals surface area contributed by atoms with E-state index in [1.807, 2.05) is 12.1 Å². The molecular weight excluding hydrogens is 300 g/mol. The molecule has 2 aromatic rings. The molecule has 0 unspecified atom stereocenters. The van der Waals surface area contributed by atoms with Crippen LogP contribution in [0.1, 0.15) is 6.42 Å². The molecule has 3 rings (SSSR count). The molecule has 1 atom stereocenters. The van der Waals surface area contributed by atoms with Crippen LogP contribution in [0.25, 0.3) is 11.4 Å². The van der Waals surface area contributed by atoms with Gasteiger partial charge < -0.3 is 10.6 Å². The van der Waals surface area contributed by atoms with Crippen LogP contribution < -0.4 is 5.84 Å². The van der Waals surface area contributed by atoms with E-state index in [1.165, 1.54) is 16.4 Å². The van der Waals surface area contributed by atoms with E-state index in [4.69, 9.17) is 22.2 Å². The van der Waals surface area contributed by atoms with Gasteiger partial charge >= 0.3 is 5.97 Å². The van der Waals surface area contributed by atoms with Gasteiger partial charge in [-0.15, -0.1) is 10.2 Å². The van der Waals surface area contributed by atoms with Crippen LogP contribution in [0.4, 0.5) is 0 Å². The number of benzene rings is 1. The third-order valence-corrected chi connectivity index (χ3v) is 4.32. The molecule has 1 aromatic heterocycles. The topological polar surface area (TPSA) is 83.0 Å². The number of nitrogen functional groups attached to an aromatic ring is 1. The molecular formula is C12H11ClN4O2S. The quantitative estimate of drug-likeness (QED) is 0.686. The lowest BCUT2D eigenvalue weighted by molar-refractivity contribution is -0.137. The van der Waals surface area contributed by atoms with E-state index in [0.29, 0.717) is 29.0 Å². The predicted molar refractivity (Wildman–Crippen MR) is 75.8 cm³/mol. The summed E-state index contributed by atoms with van der Waals surface area (Å²) in [5, 5.41) is 8.87. The van der Waals surface area contributed by atoms with E-state index in [2.05, 4.69) is 10.2 Å². The summed E-state index contributed by atoms with van der Waals surface area (Å²) in [4.78, 5) is 11.5. The average Bonchev–Trinajstić information content (AvgIpc) is 2.98. The number of ether oxygens (including phenoxy) is 1. The highest BCUT2D eigenvalue weighted by molar-refractivity contribution is 8.00. The van der Waals surface area contributed by atoms with E-state index in [9.17, 15) is 4.79 Å². The summed E-state index contributed by atoms with van der Waals surface area (Å²) in [6, 6.07) is 7.19. The largest absolute Gasteiger partial charge is 0.465 e. The number of aromatic nitrogens is 3. The molecule has 1 fully saturated rings. The maximum Gasteiger partial charge on any atom is 0.319 e. The molecule has 0 saturated carbocycles. The van der Waals surface area contributed by atoms with Crippen LogP contribution in [0.15, 0.2) is 29.4 Å². The van der Waals surface area contributed by atoms with Crippen LogP contribution in [0.5, 0.6) is 0 Å². The Labute approximate surface area is 124 Å². The van der Waals surface area contributed by atoms with Crippen LogP contribution in [-0.4, -0.2) is 32.7 Å². The first-order valence-electron chi connectivity index (χ1n) is 5.95. The van der Waals surface area contributed by atoms with Crippen molar-refractivity contribution in [2.75, 3.05) is 12.4 Å². The van der Waals surface area contributed by atoms with Gasteiger partial charge in [-0.25, -0.2) is 4.68 Å². The average molecular weight is 311 g/mol. The van der Waals surface area contributed by atoms with E-state index in [-0.39, 0.29) is 11.2 Å². The number of carbonyl (C=O) groups is 1. The van der Waals surface area contributed by atoms with Crippen molar-refractivity contribution >= 4 is 29.3 Å². The van der Waals surface area contributed by atoms with Crippen LogP contribution >= 0.6 is 23.4 Å². The molecule has 0 radical (unpaired) electrons. The Hall–Kier alpha value is -1.73. The van der Waals surface area contributed by atoms with Gasteiger partial charge in [0.05, 0.1) is 6.61 Å². The molecule has 0 spiro atoms. The molecule has 0 bridgehead atoms. The minimum atomic E-state index is -0.270. The van der Waals surface area contributed by atoms with Crippen LogP contribution in [0.2, 0.25) is 5.02 Å². The van der Waals surface area contributed by atoms with Crippen molar-refractivity contribution in [2.45, 2.75) is 16.8 Å². The summed E-state index contributed by atoms with van der Waals surface area (Å²) in [6.07, 6.45) is 0.656. The maximum absolute atomic E-state index is 11.5. The molecule has 1 saturated heterocycles. The van der Waals surface area contributed by atoms with Crippen molar-refractivity contribution in [2.24, 2.45) is 0 Å². The molecule has 1 aromatic carbocycles. The van der Waals surface area contributed by atoms with Gasteiger partial charge in [0.2, 0.25) is 5.16 Å². The fraction of sp³-hybridized carbons (Fsp3) is 0.250. The smallest absolute Gasteiger partial charge is 0.319 e. The number of carbonyl (C=O) groups excluding carboxylic acids is 1. The molecule has 1 aliphatic rings. The fourth-order valence-corrected chi connectivity index (χ4v) is 3.00. The summed E-state index contributed by atoms with van der Waals surface area (Å²) in [7, 11) is 0. The second-order valence-electron chi connectivity index (χ2n) is 4.25. The second-order valence-corrected chi connectivity index (χ2v) is 5.86. The third-order valence-electron chi connectivity index (χ3n) is 2.88. The monoisotopic (exact) mass is 310 g/mol. The molecule has 0 aliphatic carbocycles. The van der Waals surface area contributed by atoms with E-state index in [0.717, 1.165) is 5.56 Å². The Morgan fingerprint density at radius 3 is 3.00 bits per heavy atom. The standard InChI is InChI=1S/C12H11ClN4O2S/c13-8-3-1-2-7(6-8)10-15-16-12(17(10)14)20-9-4-5-19-11(9)18/h1-3,6,9H,4-5,14H2/t9-/m1/s1. The maximum atomic E-state index is 11.5. The minimum Gasteiger partial charge on any atom is -0.465 e. The Balaban J connectivity index is 1.87. The van der Waals surface area contributed by atoms with Crippen molar-refractivity contribution in [3.05, 3.63) is 29.3 Å². The molecule has 2 N–H and O–H groups in total. The second kappa shape index (κ2) is 5.34. The SMILES string of the molecule is Nn1c(S[C@@H]2CCOC2=O)nnc1-c1cccc(Cl)c1. The van der Waals surface area contributed by atoms with Gasteiger partial charge in [0, 0.05) is 17.0 Å². The van der Waals surface area contributed by atoms with Gasteiger partial charge in [0.15, 0.2) is 5.82 Å². The Kier molecular flexibility index (Phi) is 3.54. The minimum absolute atomic E-state index is 0.234. The number of nitrogens with zero attached hydrogens (tertiary/aromatic N) is 3. The summed E-state index contributed by atoms with van der Waals surface area (Å²) >= 11 is 7.21. The van der Waals surface area contributed by atoms with Crippen molar-refractivity contribution in [3.8, 4) is 11.4 Å². The summed E-state index contributed by atoms with van der Waals surface area (Å²) in [5.74, 6) is 6.25. The van der Waals surface area contributed by atoms with Gasteiger partial charge in [-0.3, -0.25) is 4.79 Å². The zero-order valence-corrected chi connectivity index (χ0v) is 11.9. The molecule has 6 nitrogen and oxygen atoms in total. The Morgan fingerprint density at radius 1 is 1.45 bits per heavy atom.